The lowest BCUT2D eigenvalue weighted by atomic mass is 10.1. The van der Waals surface area contributed by atoms with Gasteiger partial charge in [-0.2, -0.15) is 0 Å². The Hall–Kier alpha value is -2.14. The van der Waals surface area contributed by atoms with Crippen LogP contribution < -0.4 is 10.1 Å². The molecule has 0 fully saturated rings. The number of amides is 1. The van der Waals surface area contributed by atoms with Gasteiger partial charge in [-0.1, -0.05) is 11.6 Å². The highest BCUT2D eigenvalue weighted by atomic mass is 35.5. The number of hydrogen-bond acceptors (Lipinski definition) is 4. The van der Waals surface area contributed by atoms with Gasteiger partial charge in [0, 0.05) is 29.5 Å². The summed E-state index contributed by atoms with van der Waals surface area (Å²) in [7, 11) is 1.58. The molecule has 0 aliphatic heterocycles. The van der Waals surface area contributed by atoms with E-state index in [0.29, 0.717) is 17.3 Å². The Kier molecular flexibility index (Phi) is 4.53. The molecule has 0 saturated carbocycles. The summed E-state index contributed by atoms with van der Waals surface area (Å²) in [6.07, 6.45) is 4.40. The van der Waals surface area contributed by atoms with E-state index in [-0.39, 0.29) is 11.6 Å². The lowest BCUT2D eigenvalue weighted by Crippen LogP contribution is -2.24. The molecule has 1 aromatic heterocycles. The van der Waals surface area contributed by atoms with E-state index >= 15 is 0 Å². The molecule has 2 rings (SSSR count). The Morgan fingerprint density at radius 1 is 1.40 bits per heavy atom. The van der Waals surface area contributed by atoms with Gasteiger partial charge in [0.2, 0.25) is 0 Å². The predicted molar refractivity (Wildman–Crippen MR) is 75.9 cm³/mol. The molecular formula is C14H14ClN3O2. The predicted octanol–water partition coefficient (Wildman–Crippen LogP) is 2.38. The smallest absolute Gasteiger partial charge is 0.271 e. The van der Waals surface area contributed by atoms with Crippen LogP contribution in [-0.2, 0) is 6.54 Å². The number of hydrogen-bond donors (Lipinski definition) is 1. The van der Waals surface area contributed by atoms with Gasteiger partial charge in [0.05, 0.1) is 13.3 Å². The molecule has 0 unspecified atom stereocenters. The molecular weight excluding hydrogens is 278 g/mol. The molecule has 1 heterocycles. The van der Waals surface area contributed by atoms with Crippen LogP contribution in [0.25, 0.3) is 0 Å². The number of nitrogens with one attached hydrogen (secondary N) is 1. The molecule has 1 aromatic carbocycles. The SMILES string of the molecule is COc1cc(C)c(Cl)cc1CNC(=O)c1cnccn1. The van der Waals surface area contributed by atoms with Gasteiger partial charge in [0.25, 0.3) is 5.91 Å². The fourth-order valence-electron chi connectivity index (χ4n) is 1.71. The highest BCUT2D eigenvalue weighted by Crippen LogP contribution is 2.26. The third-order valence-corrected chi connectivity index (χ3v) is 3.20. The molecule has 0 atom stereocenters. The van der Waals surface area contributed by atoms with E-state index in [1.54, 1.807) is 13.2 Å². The Morgan fingerprint density at radius 2 is 2.20 bits per heavy atom. The van der Waals surface area contributed by atoms with Gasteiger partial charge in [-0.3, -0.25) is 9.78 Å². The van der Waals surface area contributed by atoms with E-state index < -0.39 is 0 Å². The van der Waals surface area contributed by atoms with Gasteiger partial charge in [-0.25, -0.2) is 4.98 Å². The van der Waals surface area contributed by atoms with Crippen molar-refractivity contribution in [3.05, 3.63) is 52.6 Å². The quantitative estimate of drug-likeness (QED) is 0.939. The van der Waals surface area contributed by atoms with Crippen molar-refractivity contribution in [2.75, 3.05) is 7.11 Å². The van der Waals surface area contributed by atoms with Gasteiger partial charge in [-0.05, 0) is 24.6 Å². The number of methoxy groups -OCH3 is 1. The number of ether oxygens (including phenoxy) is 1. The van der Waals surface area contributed by atoms with E-state index in [1.165, 1.54) is 18.6 Å². The van der Waals surface area contributed by atoms with Crippen LogP contribution in [0.4, 0.5) is 0 Å². The zero-order chi connectivity index (χ0) is 14.5. The van der Waals surface area contributed by atoms with Crippen molar-refractivity contribution in [3.8, 4) is 5.75 Å². The topological polar surface area (TPSA) is 64.1 Å². The Morgan fingerprint density at radius 3 is 2.85 bits per heavy atom. The monoisotopic (exact) mass is 291 g/mol. The number of rotatable bonds is 4. The number of carbonyl (C=O) groups excluding carboxylic acids is 1. The first-order chi connectivity index (χ1) is 9.61. The van der Waals surface area contributed by atoms with Crippen LogP contribution in [0.2, 0.25) is 5.02 Å². The Bertz CT molecular complexity index is 617. The van der Waals surface area contributed by atoms with Crippen molar-refractivity contribution in [3.63, 3.8) is 0 Å². The maximum Gasteiger partial charge on any atom is 0.271 e. The summed E-state index contributed by atoms with van der Waals surface area (Å²) >= 11 is 6.08. The number of aromatic nitrogens is 2. The van der Waals surface area contributed by atoms with E-state index in [9.17, 15) is 4.79 Å². The summed E-state index contributed by atoms with van der Waals surface area (Å²) in [5.41, 5.74) is 2.00. The summed E-state index contributed by atoms with van der Waals surface area (Å²) in [5, 5.41) is 3.39. The second-order valence-electron chi connectivity index (χ2n) is 4.19. The van der Waals surface area contributed by atoms with E-state index in [0.717, 1.165) is 11.1 Å². The number of nitrogens with zero attached hydrogens (tertiary/aromatic N) is 2. The molecule has 104 valence electrons. The third kappa shape index (κ3) is 3.24. The van der Waals surface area contributed by atoms with Gasteiger partial charge in [0.15, 0.2) is 0 Å². The summed E-state index contributed by atoms with van der Waals surface area (Å²) in [5.74, 6) is 0.392. The van der Waals surface area contributed by atoms with Gasteiger partial charge in [0.1, 0.15) is 11.4 Å². The molecule has 0 saturated heterocycles. The van der Waals surface area contributed by atoms with Crippen LogP contribution in [-0.4, -0.2) is 23.0 Å². The summed E-state index contributed by atoms with van der Waals surface area (Å²) in [6, 6.07) is 3.62. The van der Waals surface area contributed by atoms with Gasteiger partial charge < -0.3 is 10.1 Å². The van der Waals surface area contributed by atoms with Crippen molar-refractivity contribution < 1.29 is 9.53 Å². The van der Waals surface area contributed by atoms with Crippen LogP contribution in [0, 0.1) is 6.92 Å². The third-order valence-electron chi connectivity index (χ3n) is 2.80. The molecule has 0 aliphatic rings. The number of halogens is 1. The standard InChI is InChI=1S/C14H14ClN3O2/c1-9-5-13(20-2)10(6-11(9)15)7-18-14(19)12-8-16-3-4-17-12/h3-6,8H,7H2,1-2H3,(H,18,19). The summed E-state index contributed by atoms with van der Waals surface area (Å²) < 4.78 is 5.28. The van der Waals surface area contributed by atoms with Crippen molar-refractivity contribution in [2.45, 2.75) is 13.5 Å². The molecule has 20 heavy (non-hydrogen) atoms. The number of aryl methyl sites for hydroxylation is 1. The minimum Gasteiger partial charge on any atom is -0.496 e. The average Bonchev–Trinajstić information content (AvgIpc) is 2.48. The second-order valence-corrected chi connectivity index (χ2v) is 4.59. The van der Waals surface area contributed by atoms with Crippen molar-refractivity contribution >= 4 is 17.5 Å². The van der Waals surface area contributed by atoms with E-state index in [4.69, 9.17) is 16.3 Å². The molecule has 2 aromatic rings. The average molecular weight is 292 g/mol. The molecule has 1 N–H and O–H groups in total. The molecule has 0 radical (unpaired) electrons. The van der Waals surface area contributed by atoms with Crippen LogP contribution >= 0.6 is 11.6 Å². The maximum atomic E-state index is 11.9. The fourth-order valence-corrected chi connectivity index (χ4v) is 1.89. The lowest BCUT2D eigenvalue weighted by Gasteiger charge is -2.11. The summed E-state index contributed by atoms with van der Waals surface area (Å²) in [4.78, 5) is 19.7. The van der Waals surface area contributed by atoms with Crippen molar-refractivity contribution in [2.24, 2.45) is 0 Å². The zero-order valence-corrected chi connectivity index (χ0v) is 11.9. The lowest BCUT2D eigenvalue weighted by molar-refractivity contribution is 0.0945. The van der Waals surface area contributed by atoms with Gasteiger partial charge >= 0.3 is 0 Å². The Labute approximate surface area is 122 Å². The molecule has 1 amide bonds. The molecule has 5 nitrogen and oxygen atoms in total. The van der Waals surface area contributed by atoms with Crippen molar-refractivity contribution in [1.29, 1.82) is 0 Å². The molecule has 0 spiro atoms. The van der Waals surface area contributed by atoms with Crippen molar-refractivity contribution in [1.82, 2.24) is 15.3 Å². The van der Waals surface area contributed by atoms with Crippen LogP contribution in [0.3, 0.4) is 0 Å². The largest absolute Gasteiger partial charge is 0.496 e. The number of benzene rings is 1. The highest BCUT2D eigenvalue weighted by molar-refractivity contribution is 6.31. The molecule has 0 bridgehead atoms. The first kappa shape index (κ1) is 14.3. The van der Waals surface area contributed by atoms with E-state index in [1.807, 2.05) is 13.0 Å². The van der Waals surface area contributed by atoms with Gasteiger partial charge in [-0.15, -0.1) is 0 Å². The zero-order valence-electron chi connectivity index (χ0n) is 11.2. The minimum atomic E-state index is -0.295. The normalized spacial score (nSPS) is 10.2. The first-order valence-electron chi connectivity index (χ1n) is 5.99. The van der Waals surface area contributed by atoms with Crippen LogP contribution in [0.5, 0.6) is 5.75 Å². The van der Waals surface area contributed by atoms with Crippen LogP contribution in [0.15, 0.2) is 30.7 Å². The summed E-state index contributed by atoms with van der Waals surface area (Å²) in [6.45, 7) is 2.20. The van der Waals surface area contributed by atoms with Crippen LogP contribution in [0.1, 0.15) is 21.6 Å². The fraction of sp³-hybridized carbons (Fsp3) is 0.214. The first-order valence-corrected chi connectivity index (χ1v) is 6.37. The molecule has 6 heteroatoms. The Balaban J connectivity index is 2.11. The molecule has 0 aliphatic carbocycles. The minimum absolute atomic E-state index is 0.268. The second kappa shape index (κ2) is 6.34. The number of carbonyl (C=O) groups is 1. The highest BCUT2D eigenvalue weighted by Gasteiger charge is 2.10. The maximum absolute atomic E-state index is 11.9. The van der Waals surface area contributed by atoms with E-state index in [2.05, 4.69) is 15.3 Å².